The maximum absolute atomic E-state index is 13.0. The molecule has 5 N–H and O–H groups in total. The van der Waals surface area contributed by atoms with Crippen LogP contribution in [0.15, 0.2) is 53.7 Å². The van der Waals surface area contributed by atoms with Crippen LogP contribution in [0.25, 0.3) is 0 Å². The summed E-state index contributed by atoms with van der Waals surface area (Å²) in [6.45, 7) is 2.06. The van der Waals surface area contributed by atoms with Crippen LogP contribution < -0.4 is 21.6 Å². The number of ether oxygens (including phenoxy) is 1. The minimum Gasteiger partial charge on any atom is -0.486 e. The lowest BCUT2D eigenvalue weighted by molar-refractivity contribution is 0.291. The molecule has 32 heavy (non-hydrogen) atoms. The van der Waals surface area contributed by atoms with Gasteiger partial charge >= 0.3 is 0 Å². The number of nitrogens with zero attached hydrogens (tertiary/aromatic N) is 6. The molecule has 0 radical (unpaired) electrons. The molecule has 0 spiro atoms. The highest BCUT2D eigenvalue weighted by atomic mass is 32.2. The number of halogens is 1. The second kappa shape index (κ2) is 9.47. The van der Waals surface area contributed by atoms with Gasteiger partial charge in [-0.1, -0.05) is 30.0 Å². The van der Waals surface area contributed by atoms with Crippen molar-refractivity contribution in [2.24, 2.45) is 0 Å². The maximum atomic E-state index is 13.0. The molecule has 0 saturated heterocycles. The summed E-state index contributed by atoms with van der Waals surface area (Å²) in [7, 11) is 0. The number of hydrogen-bond donors (Lipinski definition) is 3. The first kappa shape index (κ1) is 21.3. The van der Waals surface area contributed by atoms with Crippen LogP contribution in [0.4, 0.5) is 22.0 Å². The van der Waals surface area contributed by atoms with E-state index in [1.165, 1.54) is 40.7 Å². The van der Waals surface area contributed by atoms with E-state index in [1.807, 2.05) is 31.2 Å². The van der Waals surface area contributed by atoms with Gasteiger partial charge in [0.05, 0.1) is 5.75 Å². The van der Waals surface area contributed by atoms with Crippen molar-refractivity contribution in [3.8, 4) is 5.75 Å². The van der Waals surface area contributed by atoms with Gasteiger partial charge in [-0.05, 0) is 42.8 Å². The third-order valence-corrected chi connectivity index (χ3v) is 5.28. The van der Waals surface area contributed by atoms with Crippen LogP contribution in [-0.2, 0) is 12.4 Å². The minimum atomic E-state index is -0.339. The van der Waals surface area contributed by atoms with Crippen molar-refractivity contribution in [2.75, 3.05) is 16.9 Å². The highest BCUT2D eigenvalue weighted by Crippen LogP contribution is 2.22. The lowest BCUT2D eigenvalue weighted by Gasteiger charge is -2.09. The van der Waals surface area contributed by atoms with Crippen molar-refractivity contribution in [1.29, 1.82) is 0 Å². The van der Waals surface area contributed by atoms with Gasteiger partial charge in [-0.25, -0.2) is 9.07 Å². The Morgan fingerprint density at radius 3 is 2.62 bits per heavy atom. The molecule has 2 aromatic carbocycles. The summed E-state index contributed by atoms with van der Waals surface area (Å²) in [5.74, 6) is 7.92. The van der Waals surface area contributed by atoms with Crippen LogP contribution >= 0.6 is 11.8 Å². The second-order valence-electron chi connectivity index (χ2n) is 6.67. The fourth-order valence-corrected chi connectivity index (χ4v) is 3.43. The Kier molecular flexibility index (Phi) is 6.31. The van der Waals surface area contributed by atoms with E-state index in [9.17, 15) is 4.39 Å². The molecule has 0 aliphatic heterocycles. The molecule has 2 heterocycles. The molecular formula is C20H20FN9OS. The molecule has 4 rings (SSSR count). The fourth-order valence-electron chi connectivity index (χ4n) is 2.70. The van der Waals surface area contributed by atoms with Gasteiger partial charge in [-0.3, -0.25) is 0 Å². The molecular weight excluding hydrogens is 433 g/mol. The predicted octanol–water partition coefficient (Wildman–Crippen LogP) is 2.82. The number of thioether (sulfide) groups is 1. The Bertz CT molecular complexity index is 1220. The summed E-state index contributed by atoms with van der Waals surface area (Å²) in [5.41, 5.74) is 7.78. The SMILES string of the molecule is Cc1ccccc1Nc1nc(N)nc(CSc2nnc(COc3ccc(F)cc3)n2N)n1. The van der Waals surface area contributed by atoms with Crippen molar-refractivity contribution >= 4 is 29.3 Å². The largest absolute Gasteiger partial charge is 0.486 e. The summed E-state index contributed by atoms with van der Waals surface area (Å²) in [5, 5.41) is 11.7. The zero-order valence-electron chi connectivity index (χ0n) is 17.1. The number of hydrogen-bond acceptors (Lipinski definition) is 10. The van der Waals surface area contributed by atoms with Crippen LogP contribution in [0.3, 0.4) is 0 Å². The predicted molar refractivity (Wildman–Crippen MR) is 119 cm³/mol. The minimum absolute atomic E-state index is 0.0822. The second-order valence-corrected chi connectivity index (χ2v) is 7.62. The normalized spacial score (nSPS) is 10.8. The zero-order valence-corrected chi connectivity index (χ0v) is 17.9. The number of nitrogens with one attached hydrogen (secondary N) is 1. The topological polar surface area (TPSA) is 143 Å². The summed E-state index contributed by atoms with van der Waals surface area (Å²) < 4.78 is 19.9. The van der Waals surface area contributed by atoms with E-state index in [2.05, 4.69) is 30.5 Å². The molecule has 0 amide bonds. The lowest BCUT2D eigenvalue weighted by Crippen LogP contribution is -2.16. The molecule has 0 saturated carbocycles. The molecule has 12 heteroatoms. The van der Waals surface area contributed by atoms with Crippen LogP contribution in [0.5, 0.6) is 5.75 Å². The van der Waals surface area contributed by atoms with Crippen LogP contribution in [-0.4, -0.2) is 29.8 Å². The van der Waals surface area contributed by atoms with E-state index in [0.717, 1.165) is 11.3 Å². The molecule has 0 fully saturated rings. The van der Waals surface area contributed by atoms with E-state index in [0.29, 0.717) is 34.3 Å². The van der Waals surface area contributed by atoms with Crippen molar-refractivity contribution < 1.29 is 9.13 Å². The first-order valence-electron chi connectivity index (χ1n) is 9.51. The summed E-state index contributed by atoms with van der Waals surface area (Å²) in [6, 6.07) is 13.4. The number of aryl methyl sites for hydroxylation is 1. The molecule has 10 nitrogen and oxygen atoms in total. The molecule has 0 aliphatic carbocycles. The number of aromatic nitrogens is 6. The average Bonchev–Trinajstić information content (AvgIpc) is 3.12. The lowest BCUT2D eigenvalue weighted by atomic mass is 10.2. The van der Waals surface area contributed by atoms with Gasteiger partial charge in [0.1, 0.15) is 24.0 Å². The average molecular weight is 454 g/mol. The van der Waals surface area contributed by atoms with E-state index in [1.54, 1.807) is 0 Å². The van der Waals surface area contributed by atoms with E-state index >= 15 is 0 Å². The van der Waals surface area contributed by atoms with Crippen molar-refractivity contribution in [2.45, 2.75) is 24.4 Å². The first-order valence-corrected chi connectivity index (χ1v) is 10.5. The number of nitrogen functional groups attached to an aromatic ring is 2. The van der Waals surface area contributed by atoms with Gasteiger partial charge in [0.25, 0.3) is 0 Å². The molecule has 0 unspecified atom stereocenters. The Labute approximate surface area is 187 Å². The number of rotatable bonds is 8. The van der Waals surface area contributed by atoms with Crippen molar-refractivity contribution in [3.63, 3.8) is 0 Å². The molecule has 0 aliphatic rings. The standard InChI is InChI=1S/C20H20FN9OS/c1-12-4-2-3-5-15(12)24-19-26-16(25-18(22)27-19)11-32-20-29-28-17(30(20)23)10-31-14-8-6-13(21)7-9-14/h2-9H,10-11,23H2,1H3,(H3,22,24,25,26,27). The van der Waals surface area contributed by atoms with Crippen molar-refractivity contribution in [3.05, 3.63) is 71.6 Å². The number of nitrogens with two attached hydrogens (primary N) is 2. The van der Waals surface area contributed by atoms with Gasteiger partial charge < -0.3 is 21.6 Å². The van der Waals surface area contributed by atoms with Gasteiger partial charge in [-0.2, -0.15) is 15.0 Å². The monoisotopic (exact) mass is 453 g/mol. The molecule has 4 aromatic rings. The van der Waals surface area contributed by atoms with Crippen molar-refractivity contribution in [1.82, 2.24) is 29.8 Å². The van der Waals surface area contributed by atoms with E-state index in [-0.39, 0.29) is 18.4 Å². The van der Waals surface area contributed by atoms with Crippen LogP contribution in [0.1, 0.15) is 17.2 Å². The maximum Gasteiger partial charge on any atom is 0.232 e. The highest BCUT2D eigenvalue weighted by molar-refractivity contribution is 7.98. The van der Waals surface area contributed by atoms with Crippen LogP contribution in [0.2, 0.25) is 0 Å². The van der Waals surface area contributed by atoms with Gasteiger partial charge in [-0.15, -0.1) is 10.2 Å². The fraction of sp³-hybridized carbons (Fsp3) is 0.150. The molecule has 164 valence electrons. The zero-order chi connectivity index (χ0) is 22.5. The molecule has 0 atom stereocenters. The van der Waals surface area contributed by atoms with E-state index < -0.39 is 0 Å². The Morgan fingerprint density at radius 1 is 1.06 bits per heavy atom. The quantitative estimate of drug-likeness (QED) is 0.269. The Morgan fingerprint density at radius 2 is 1.84 bits per heavy atom. The summed E-state index contributed by atoms with van der Waals surface area (Å²) >= 11 is 1.29. The third-order valence-electron chi connectivity index (χ3n) is 4.34. The number of benzene rings is 2. The Hall–Kier alpha value is -3.93. The van der Waals surface area contributed by atoms with Gasteiger partial charge in [0, 0.05) is 5.69 Å². The van der Waals surface area contributed by atoms with Gasteiger partial charge in [0.2, 0.25) is 17.1 Å². The molecule has 0 bridgehead atoms. The van der Waals surface area contributed by atoms with E-state index in [4.69, 9.17) is 16.3 Å². The smallest absolute Gasteiger partial charge is 0.232 e. The number of anilines is 3. The number of para-hydroxylation sites is 1. The molecule has 2 aromatic heterocycles. The summed E-state index contributed by atoms with van der Waals surface area (Å²) in [4.78, 5) is 12.7. The third kappa shape index (κ3) is 5.21. The van der Waals surface area contributed by atoms with Crippen LogP contribution in [0, 0.1) is 12.7 Å². The summed E-state index contributed by atoms with van der Waals surface area (Å²) in [6.07, 6.45) is 0. The highest BCUT2D eigenvalue weighted by Gasteiger charge is 2.13. The Balaban J connectivity index is 1.40. The van der Waals surface area contributed by atoms with Gasteiger partial charge in [0.15, 0.2) is 5.82 Å². The first-order chi connectivity index (χ1) is 15.5.